The number of aryl methyl sites for hydroxylation is 2. The van der Waals surface area contributed by atoms with Crippen molar-refractivity contribution in [1.82, 2.24) is 0 Å². The van der Waals surface area contributed by atoms with Gasteiger partial charge in [0.1, 0.15) is 0 Å². The molecule has 0 aromatic heterocycles. The highest BCUT2D eigenvalue weighted by Crippen LogP contribution is 2.22. The number of hydrogen-bond donors (Lipinski definition) is 1. The van der Waals surface area contributed by atoms with E-state index in [1.165, 1.54) is 5.56 Å². The van der Waals surface area contributed by atoms with Crippen molar-refractivity contribution in [2.75, 3.05) is 13.2 Å². The fourth-order valence-corrected chi connectivity index (χ4v) is 2.35. The van der Waals surface area contributed by atoms with E-state index in [-0.39, 0.29) is 5.78 Å². The first kappa shape index (κ1) is 13.2. The summed E-state index contributed by atoms with van der Waals surface area (Å²) >= 11 is 0. The number of nitrogens with two attached hydrogens (primary N) is 1. The van der Waals surface area contributed by atoms with E-state index < -0.39 is 5.54 Å². The van der Waals surface area contributed by atoms with Crippen molar-refractivity contribution < 1.29 is 9.53 Å². The SMILES string of the molecule is Cc1ccc(C)c(CC(=O)C2(N)CCOCC2)c1. The van der Waals surface area contributed by atoms with Gasteiger partial charge in [-0.15, -0.1) is 0 Å². The molecule has 3 nitrogen and oxygen atoms in total. The summed E-state index contributed by atoms with van der Waals surface area (Å²) in [5, 5.41) is 0. The van der Waals surface area contributed by atoms with Crippen LogP contribution >= 0.6 is 0 Å². The van der Waals surface area contributed by atoms with Gasteiger partial charge >= 0.3 is 0 Å². The van der Waals surface area contributed by atoms with Crippen LogP contribution in [0.5, 0.6) is 0 Å². The van der Waals surface area contributed by atoms with Gasteiger partial charge in [-0.25, -0.2) is 0 Å². The van der Waals surface area contributed by atoms with Crippen molar-refractivity contribution in [1.29, 1.82) is 0 Å². The maximum absolute atomic E-state index is 12.4. The van der Waals surface area contributed by atoms with E-state index in [4.69, 9.17) is 10.5 Å². The predicted octanol–water partition coefficient (Wildman–Crippen LogP) is 1.92. The smallest absolute Gasteiger partial charge is 0.157 e. The Morgan fingerprint density at radius 2 is 2.00 bits per heavy atom. The van der Waals surface area contributed by atoms with E-state index in [1.807, 2.05) is 13.8 Å². The molecule has 0 atom stereocenters. The van der Waals surface area contributed by atoms with Gasteiger partial charge in [-0.05, 0) is 37.8 Å². The number of benzene rings is 1. The zero-order chi connectivity index (χ0) is 13.2. The molecule has 0 aliphatic carbocycles. The number of ketones is 1. The summed E-state index contributed by atoms with van der Waals surface area (Å²) in [5.74, 6) is 0.138. The van der Waals surface area contributed by atoms with Gasteiger partial charge in [0, 0.05) is 19.6 Å². The topological polar surface area (TPSA) is 52.3 Å². The molecule has 1 aromatic rings. The Hall–Kier alpha value is -1.19. The summed E-state index contributed by atoms with van der Waals surface area (Å²) < 4.78 is 5.28. The molecule has 1 saturated heterocycles. The molecule has 1 aliphatic heterocycles. The van der Waals surface area contributed by atoms with Crippen molar-refractivity contribution in [3.8, 4) is 0 Å². The van der Waals surface area contributed by atoms with Crippen LogP contribution in [0.25, 0.3) is 0 Å². The maximum Gasteiger partial charge on any atom is 0.157 e. The second-order valence-electron chi connectivity index (χ2n) is 5.30. The third kappa shape index (κ3) is 2.79. The van der Waals surface area contributed by atoms with Gasteiger partial charge < -0.3 is 10.5 Å². The normalized spacial score (nSPS) is 18.6. The van der Waals surface area contributed by atoms with Crippen molar-refractivity contribution in [3.05, 3.63) is 34.9 Å². The molecular formula is C15H21NO2. The first-order valence-corrected chi connectivity index (χ1v) is 6.47. The molecule has 2 N–H and O–H groups in total. The van der Waals surface area contributed by atoms with Crippen LogP contribution < -0.4 is 5.73 Å². The average molecular weight is 247 g/mol. The first-order chi connectivity index (χ1) is 8.51. The van der Waals surface area contributed by atoms with Crippen molar-refractivity contribution in [2.45, 2.75) is 38.6 Å². The molecule has 2 rings (SSSR count). The molecule has 0 radical (unpaired) electrons. The fraction of sp³-hybridized carbons (Fsp3) is 0.533. The van der Waals surface area contributed by atoms with E-state index in [9.17, 15) is 4.79 Å². The molecule has 0 bridgehead atoms. The van der Waals surface area contributed by atoms with E-state index in [2.05, 4.69) is 18.2 Å². The molecular weight excluding hydrogens is 226 g/mol. The standard InChI is InChI=1S/C15H21NO2/c1-11-3-4-12(2)13(9-11)10-14(17)15(16)5-7-18-8-6-15/h3-4,9H,5-8,10,16H2,1-2H3. The zero-order valence-electron chi connectivity index (χ0n) is 11.2. The van der Waals surface area contributed by atoms with Gasteiger partial charge in [0.25, 0.3) is 0 Å². The lowest BCUT2D eigenvalue weighted by molar-refractivity contribution is -0.126. The summed E-state index contributed by atoms with van der Waals surface area (Å²) in [7, 11) is 0. The Morgan fingerprint density at radius 1 is 1.33 bits per heavy atom. The van der Waals surface area contributed by atoms with Crippen molar-refractivity contribution in [3.63, 3.8) is 0 Å². The Bertz CT molecular complexity index is 448. The largest absolute Gasteiger partial charge is 0.381 e. The lowest BCUT2D eigenvalue weighted by atomic mass is 9.83. The molecule has 18 heavy (non-hydrogen) atoms. The van der Waals surface area contributed by atoms with Crippen LogP contribution in [0.2, 0.25) is 0 Å². The summed E-state index contributed by atoms with van der Waals surface area (Å²) in [6.45, 7) is 5.26. The van der Waals surface area contributed by atoms with E-state index in [0.717, 1.165) is 11.1 Å². The monoisotopic (exact) mass is 247 g/mol. The Balaban J connectivity index is 2.13. The van der Waals surface area contributed by atoms with Gasteiger partial charge in [0.15, 0.2) is 5.78 Å². The third-order valence-corrected chi connectivity index (χ3v) is 3.80. The highest BCUT2D eigenvalue weighted by molar-refractivity contribution is 5.90. The third-order valence-electron chi connectivity index (χ3n) is 3.80. The predicted molar refractivity (Wildman–Crippen MR) is 71.6 cm³/mol. The molecule has 98 valence electrons. The van der Waals surface area contributed by atoms with Gasteiger partial charge in [0.2, 0.25) is 0 Å². The van der Waals surface area contributed by atoms with Crippen LogP contribution in [0.1, 0.15) is 29.5 Å². The second-order valence-corrected chi connectivity index (χ2v) is 5.30. The quantitative estimate of drug-likeness (QED) is 0.888. The molecule has 1 aromatic carbocycles. The van der Waals surface area contributed by atoms with E-state index in [0.29, 0.717) is 32.5 Å². The highest BCUT2D eigenvalue weighted by atomic mass is 16.5. The van der Waals surface area contributed by atoms with Crippen molar-refractivity contribution >= 4 is 5.78 Å². The van der Waals surface area contributed by atoms with Gasteiger partial charge in [-0.3, -0.25) is 4.79 Å². The number of rotatable bonds is 3. The Kier molecular flexibility index (Phi) is 3.83. The average Bonchev–Trinajstić information content (AvgIpc) is 2.35. The molecule has 0 amide bonds. The summed E-state index contributed by atoms with van der Waals surface area (Å²) in [4.78, 5) is 12.4. The van der Waals surface area contributed by atoms with Crippen LogP contribution in [0.15, 0.2) is 18.2 Å². The molecule has 0 spiro atoms. The molecule has 3 heteroatoms. The summed E-state index contributed by atoms with van der Waals surface area (Å²) in [6, 6.07) is 6.21. The van der Waals surface area contributed by atoms with E-state index in [1.54, 1.807) is 0 Å². The lowest BCUT2D eigenvalue weighted by Gasteiger charge is -2.32. The first-order valence-electron chi connectivity index (χ1n) is 6.47. The van der Waals surface area contributed by atoms with Gasteiger partial charge in [-0.2, -0.15) is 0 Å². The molecule has 0 saturated carbocycles. The summed E-state index contributed by atoms with van der Waals surface area (Å²) in [6.07, 6.45) is 1.71. The number of carbonyl (C=O) groups excluding carboxylic acids is 1. The highest BCUT2D eigenvalue weighted by Gasteiger charge is 2.35. The van der Waals surface area contributed by atoms with E-state index >= 15 is 0 Å². The van der Waals surface area contributed by atoms with Crippen LogP contribution in [0.4, 0.5) is 0 Å². The Labute approximate surface area is 108 Å². The molecule has 1 heterocycles. The second kappa shape index (κ2) is 5.21. The molecule has 1 aliphatic rings. The minimum absolute atomic E-state index is 0.138. The molecule has 0 unspecified atom stereocenters. The summed E-state index contributed by atoms with van der Waals surface area (Å²) in [5.41, 5.74) is 8.96. The lowest BCUT2D eigenvalue weighted by Crippen LogP contribution is -2.52. The number of ether oxygens (including phenoxy) is 1. The van der Waals surface area contributed by atoms with Crippen molar-refractivity contribution in [2.24, 2.45) is 5.73 Å². The minimum Gasteiger partial charge on any atom is -0.381 e. The maximum atomic E-state index is 12.4. The van der Waals surface area contributed by atoms with Gasteiger partial charge in [0.05, 0.1) is 5.54 Å². The van der Waals surface area contributed by atoms with Crippen LogP contribution in [0.3, 0.4) is 0 Å². The van der Waals surface area contributed by atoms with Gasteiger partial charge in [-0.1, -0.05) is 23.8 Å². The fourth-order valence-electron chi connectivity index (χ4n) is 2.35. The van der Waals surface area contributed by atoms with Crippen LogP contribution in [-0.2, 0) is 16.0 Å². The Morgan fingerprint density at radius 3 is 2.67 bits per heavy atom. The van der Waals surface area contributed by atoms with Crippen LogP contribution in [-0.4, -0.2) is 24.5 Å². The number of Topliss-reactive ketones (excluding diaryl/α,β-unsaturated/α-hetero) is 1. The number of hydrogen-bond acceptors (Lipinski definition) is 3. The van der Waals surface area contributed by atoms with Crippen LogP contribution in [0, 0.1) is 13.8 Å². The minimum atomic E-state index is -0.686. The zero-order valence-corrected chi connectivity index (χ0v) is 11.2. The molecule has 1 fully saturated rings. The number of carbonyl (C=O) groups is 1.